The molecular weight excluding hydrogens is 560 g/mol. The van der Waals surface area contributed by atoms with Crippen LogP contribution in [0.2, 0.25) is 0 Å². The summed E-state index contributed by atoms with van der Waals surface area (Å²) < 4.78 is 33.4. The van der Waals surface area contributed by atoms with Gasteiger partial charge in [-0.2, -0.15) is 0 Å². The van der Waals surface area contributed by atoms with E-state index in [4.69, 9.17) is 28.4 Å². The van der Waals surface area contributed by atoms with Crippen molar-refractivity contribution in [3.8, 4) is 28.7 Å². The van der Waals surface area contributed by atoms with Gasteiger partial charge in [0, 0.05) is 18.6 Å². The van der Waals surface area contributed by atoms with Crippen molar-refractivity contribution in [2.45, 2.75) is 81.2 Å². The van der Waals surface area contributed by atoms with Crippen molar-refractivity contribution < 1.29 is 69.0 Å². The van der Waals surface area contributed by atoms with Gasteiger partial charge in [0.15, 0.2) is 23.6 Å². The summed E-state index contributed by atoms with van der Waals surface area (Å²) in [7, 11) is 1.40. The van der Waals surface area contributed by atoms with Gasteiger partial charge < -0.3 is 64.2 Å². The SMILES string of the molecule is COc1ccc([C@@H]2CC(=O)c3c(O)cc(O[C@@H]4OC(CO[C@@H]5OC(C)CC(O)[C@@H]5O)[C@@H](O)C(O)C4O)cc3O2)cc1O. The zero-order valence-electron chi connectivity index (χ0n) is 22.8. The van der Waals surface area contributed by atoms with Gasteiger partial charge in [-0.25, -0.2) is 0 Å². The Hall–Kier alpha value is -3.21. The Balaban J connectivity index is 1.31. The van der Waals surface area contributed by atoms with Crippen molar-refractivity contribution in [1.29, 1.82) is 0 Å². The summed E-state index contributed by atoms with van der Waals surface area (Å²) in [5.41, 5.74) is 0.406. The standard InChI is InChI=1S/C28H34O14/c1-11-5-17(32)23(33)27(39-11)38-10-21-24(34)25(35)26(36)28(42-21)40-13-7-15(30)22-16(31)9-19(41-20(22)8-13)12-3-4-18(37-2)14(29)6-12/h3-4,6-8,11,17,19,21,23-30,32-36H,5,9-10H2,1-2H3/t11?,17?,19-,21?,23-,24+,25?,26?,27+,28+/m0/s1. The molecule has 42 heavy (non-hydrogen) atoms. The fraction of sp³-hybridized carbons (Fsp3) is 0.536. The molecule has 0 aromatic heterocycles. The van der Waals surface area contributed by atoms with Crippen LogP contribution < -0.4 is 14.2 Å². The monoisotopic (exact) mass is 594 g/mol. The number of aliphatic hydroxyl groups is 5. The van der Waals surface area contributed by atoms with E-state index in [-0.39, 0.29) is 41.4 Å². The number of fused-ring (bicyclic) bond motifs is 1. The minimum atomic E-state index is -1.73. The first-order valence-electron chi connectivity index (χ1n) is 13.4. The van der Waals surface area contributed by atoms with E-state index < -0.39 is 79.6 Å². The number of ether oxygens (including phenoxy) is 6. The highest BCUT2D eigenvalue weighted by Gasteiger charge is 2.46. The maximum Gasteiger partial charge on any atom is 0.229 e. The summed E-state index contributed by atoms with van der Waals surface area (Å²) in [6.45, 7) is 1.28. The number of carbonyl (C=O) groups is 1. The highest BCUT2D eigenvalue weighted by atomic mass is 16.7. The molecule has 0 amide bonds. The summed E-state index contributed by atoms with van der Waals surface area (Å²) in [4.78, 5) is 12.9. The normalized spacial score (nSPS) is 34.8. The van der Waals surface area contributed by atoms with Crippen LogP contribution in [0.5, 0.6) is 28.7 Å². The molecule has 3 heterocycles. The lowest BCUT2D eigenvalue weighted by atomic mass is 9.95. The van der Waals surface area contributed by atoms with Gasteiger partial charge in [-0.1, -0.05) is 6.07 Å². The van der Waals surface area contributed by atoms with Gasteiger partial charge in [-0.05, 0) is 24.6 Å². The lowest BCUT2D eigenvalue weighted by Gasteiger charge is -2.41. The van der Waals surface area contributed by atoms with Gasteiger partial charge in [0.1, 0.15) is 59.4 Å². The first-order valence-corrected chi connectivity index (χ1v) is 13.4. The second kappa shape index (κ2) is 12.2. The van der Waals surface area contributed by atoms with Crippen LogP contribution in [0.4, 0.5) is 0 Å². The predicted molar refractivity (Wildman–Crippen MR) is 139 cm³/mol. The number of hydrogen-bond acceptors (Lipinski definition) is 14. The van der Waals surface area contributed by atoms with E-state index >= 15 is 0 Å². The van der Waals surface area contributed by atoms with Crippen LogP contribution in [0.3, 0.4) is 0 Å². The number of ketones is 1. The van der Waals surface area contributed by atoms with Crippen LogP contribution >= 0.6 is 0 Å². The minimum absolute atomic E-state index is 0.0246. The molecule has 0 aliphatic carbocycles. The molecule has 0 saturated carbocycles. The topological polar surface area (TPSA) is 214 Å². The van der Waals surface area contributed by atoms with Crippen LogP contribution in [-0.4, -0.2) is 111 Å². The number of rotatable bonds is 7. The average Bonchev–Trinajstić information content (AvgIpc) is 2.94. The van der Waals surface area contributed by atoms with Crippen LogP contribution in [-0.2, 0) is 14.2 Å². The van der Waals surface area contributed by atoms with Crippen molar-refractivity contribution in [2.24, 2.45) is 0 Å². The number of Topliss-reactive ketones (excluding diaryl/α,β-unsaturated/α-hetero) is 1. The number of aliphatic hydroxyl groups excluding tert-OH is 5. The molecule has 2 aromatic rings. The van der Waals surface area contributed by atoms with Crippen LogP contribution in [0.15, 0.2) is 30.3 Å². The molecule has 5 rings (SSSR count). The zero-order valence-corrected chi connectivity index (χ0v) is 22.8. The van der Waals surface area contributed by atoms with E-state index in [0.717, 1.165) is 6.07 Å². The summed E-state index contributed by atoms with van der Waals surface area (Å²) in [6.07, 6.45) is -12.7. The first-order chi connectivity index (χ1) is 20.0. The Bertz CT molecular complexity index is 1290. The third-order valence-corrected chi connectivity index (χ3v) is 7.51. The molecule has 14 nitrogen and oxygen atoms in total. The Labute approximate surface area is 240 Å². The van der Waals surface area contributed by atoms with E-state index in [1.54, 1.807) is 13.0 Å². The average molecular weight is 595 g/mol. The van der Waals surface area contributed by atoms with Crippen LogP contribution in [0, 0.1) is 0 Å². The van der Waals surface area contributed by atoms with Gasteiger partial charge in [0.25, 0.3) is 0 Å². The number of benzene rings is 2. The Morgan fingerprint density at radius 3 is 2.38 bits per heavy atom. The van der Waals surface area contributed by atoms with Crippen molar-refractivity contribution in [1.82, 2.24) is 0 Å². The first kappa shape index (κ1) is 30.3. The number of hydrogen-bond donors (Lipinski definition) is 7. The van der Waals surface area contributed by atoms with Crippen molar-refractivity contribution in [2.75, 3.05) is 13.7 Å². The second-order valence-corrected chi connectivity index (χ2v) is 10.6. The second-order valence-electron chi connectivity index (χ2n) is 10.6. The maximum atomic E-state index is 12.9. The summed E-state index contributed by atoms with van der Waals surface area (Å²) in [5, 5.41) is 72.4. The minimum Gasteiger partial charge on any atom is -0.507 e. The zero-order chi connectivity index (χ0) is 30.3. The lowest BCUT2D eigenvalue weighted by molar-refractivity contribution is -0.306. The molecular formula is C28H34O14. The fourth-order valence-corrected chi connectivity index (χ4v) is 5.22. The Morgan fingerprint density at radius 2 is 1.67 bits per heavy atom. The Kier molecular flexibility index (Phi) is 8.78. The predicted octanol–water partition coefficient (Wildman–Crippen LogP) is -0.127. The van der Waals surface area contributed by atoms with Gasteiger partial charge in [0.05, 0.1) is 32.3 Å². The van der Waals surface area contributed by atoms with Crippen molar-refractivity contribution in [3.05, 3.63) is 41.5 Å². The quantitative estimate of drug-likeness (QED) is 0.223. The number of carbonyl (C=O) groups excluding carboxylic acids is 1. The molecule has 7 N–H and O–H groups in total. The molecule has 2 aromatic carbocycles. The summed E-state index contributed by atoms with van der Waals surface area (Å²) in [6, 6.07) is 6.98. The molecule has 0 spiro atoms. The molecule has 3 aliphatic rings. The number of methoxy groups -OCH3 is 1. The van der Waals surface area contributed by atoms with E-state index in [0.29, 0.717) is 5.56 Å². The molecule has 0 radical (unpaired) electrons. The number of phenolic OH excluding ortho intramolecular Hbond substituents is 2. The van der Waals surface area contributed by atoms with Crippen molar-refractivity contribution >= 4 is 5.78 Å². The van der Waals surface area contributed by atoms with Crippen molar-refractivity contribution in [3.63, 3.8) is 0 Å². The molecule has 2 saturated heterocycles. The molecule has 5 unspecified atom stereocenters. The third-order valence-electron chi connectivity index (χ3n) is 7.51. The lowest BCUT2D eigenvalue weighted by Crippen LogP contribution is -2.60. The summed E-state index contributed by atoms with van der Waals surface area (Å²) in [5.74, 6) is -0.890. The van der Waals surface area contributed by atoms with Gasteiger partial charge in [-0.15, -0.1) is 0 Å². The molecule has 2 fully saturated rings. The number of phenols is 2. The van der Waals surface area contributed by atoms with E-state index in [1.165, 1.54) is 25.3 Å². The largest absolute Gasteiger partial charge is 0.507 e. The fourth-order valence-electron chi connectivity index (χ4n) is 5.22. The van der Waals surface area contributed by atoms with Crippen LogP contribution in [0.25, 0.3) is 0 Å². The smallest absolute Gasteiger partial charge is 0.229 e. The number of aromatic hydroxyl groups is 2. The third kappa shape index (κ3) is 5.98. The van der Waals surface area contributed by atoms with Gasteiger partial charge in [0.2, 0.25) is 6.29 Å². The maximum absolute atomic E-state index is 12.9. The van der Waals surface area contributed by atoms with E-state index in [1.807, 2.05) is 0 Å². The highest BCUT2D eigenvalue weighted by molar-refractivity contribution is 6.02. The van der Waals surface area contributed by atoms with Gasteiger partial charge >= 0.3 is 0 Å². The van der Waals surface area contributed by atoms with E-state index in [9.17, 15) is 40.5 Å². The molecule has 14 heteroatoms. The Morgan fingerprint density at radius 1 is 0.905 bits per heavy atom. The van der Waals surface area contributed by atoms with E-state index in [2.05, 4.69) is 0 Å². The molecule has 3 aliphatic heterocycles. The molecule has 10 atom stereocenters. The van der Waals surface area contributed by atoms with Gasteiger partial charge in [-0.3, -0.25) is 4.79 Å². The molecule has 230 valence electrons. The highest BCUT2D eigenvalue weighted by Crippen LogP contribution is 2.43. The van der Waals surface area contributed by atoms with Crippen LogP contribution in [0.1, 0.15) is 41.8 Å². The molecule has 0 bridgehead atoms. The summed E-state index contributed by atoms with van der Waals surface area (Å²) >= 11 is 0.